The molecule has 0 bridgehead atoms. The van der Waals surface area contributed by atoms with Gasteiger partial charge in [0.25, 0.3) is 0 Å². The molecule has 1 saturated heterocycles. The summed E-state index contributed by atoms with van der Waals surface area (Å²) in [6.45, 7) is 5.65. The van der Waals surface area contributed by atoms with Crippen molar-refractivity contribution < 1.29 is 4.74 Å². The Hall–Kier alpha value is -1.22. The Morgan fingerprint density at radius 2 is 2.18 bits per heavy atom. The first kappa shape index (κ1) is 10.9. The molecular formula is C14H20N2O. The van der Waals surface area contributed by atoms with Gasteiger partial charge in [0.15, 0.2) is 0 Å². The SMILES string of the molecule is COc1ccc2c(c1)NC1C2CCNC1(C)C. The summed E-state index contributed by atoms with van der Waals surface area (Å²) in [6.07, 6.45) is 1.21. The van der Waals surface area contributed by atoms with Crippen molar-refractivity contribution in [3.8, 4) is 5.75 Å². The maximum atomic E-state index is 5.29. The summed E-state index contributed by atoms with van der Waals surface area (Å²) >= 11 is 0. The van der Waals surface area contributed by atoms with Crippen molar-refractivity contribution in [1.82, 2.24) is 5.32 Å². The first-order valence-electron chi connectivity index (χ1n) is 6.31. The van der Waals surface area contributed by atoms with Gasteiger partial charge < -0.3 is 15.4 Å². The van der Waals surface area contributed by atoms with E-state index in [1.807, 2.05) is 0 Å². The maximum Gasteiger partial charge on any atom is 0.120 e. The van der Waals surface area contributed by atoms with E-state index in [1.54, 1.807) is 7.11 Å². The molecule has 2 unspecified atom stereocenters. The largest absolute Gasteiger partial charge is 0.497 e. The number of rotatable bonds is 1. The first-order valence-corrected chi connectivity index (χ1v) is 6.31. The number of hydrogen-bond acceptors (Lipinski definition) is 3. The van der Waals surface area contributed by atoms with Crippen LogP contribution in [0, 0.1) is 0 Å². The number of benzene rings is 1. The van der Waals surface area contributed by atoms with Crippen LogP contribution >= 0.6 is 0 Å². The van der Waals surface area contributed by atoms with Crippen molar-refractivity contribution in [3.05, 3.63) is 23.8 Å². The highest BCUT2D eigenvalue weighted by Crippen LogP contribution is 2.44. The van der Waals surface area contributed by atoms with Gasteiger partial charge in [0, 0.05) is 23.2 Å². The van der Waals surface area contributed by atoms with Crippen molar-refractivity contribution in [2.24, 2.45) is 0 Å². The zero-order chi connectivity index (χ0) is 12.0. The van der Waals surface area contributed by atoms with Crippen LogP contribution in [0.25, 0.3) is 0 Å². The summed E-state index contributed by atoms with van der Waals surface area (Å²) < 4.78 is 5.29. The molecule has 1 aromatic carbocycles. The zero-order valence-corrected chi connectivity index (χ0v) is 10.7. The van der Waals surface area contributed by atoms with Crippen molar-refractivity contribution in [3.63, 3.8) is 0 Å². The van der Waals surface area contributed by atoms with E-state index in [0.29, 0.717) is 12.0 Å². The van der Waals surface area contributed by atoms with Gasteiger partial charge in [0.1, 0.15) is 5.75 Å². The third-order valence-corrected chi connectivity index (χ3v) is 4.19. The number of piperidine rings is 1. The van der Waals surface area contributed by atoms with Crippen LogP contribution in [0.4, 0.5) is 5.69 Å². The first-order chi connectivity index (χ1) is 8.12. The lowest BCUT2D eigenvalue weighted by Gasteiger charge is -2.41. The van der Waals surface area contributed by atoms with Gasteiger partial charge in [0.05, 0.1) is 13.2 Å². The second kappa shape index (κ2) is 3.64. The second-order valence-corrected chi connectivity index (χ2v) is 5.62. The van der Waals surface area contributed by atoms with Gasteiger partial charge in [-0.15, -0.1) is 0 Å². The molecule has 3 rings (SSSR count). The number of nitrogens with one attached hydrogen (secondary N) is 2. The van der Waals surface area contributed by atoms with Crippen molar-refractivity contribution in [1.29, 1.82) is 0 Å². The fraction of sp³-hybridized carbons (Fsp3) is 0.571. The van der Waals surface area contributed by atoms with E-state index < -0.39 is 0 Å². The summed E-state index contributed by atoms with van der Waals surface area (Å²) in [4.78, 5) is 0. The van der Waals surface area contributed by atoms with Crippen LogP contribution in [0.15, 0.2) is 18.2 Å². The molecule has 0 aromatic heterocycles. The molecule has 3 nitrogen and oxygen atoms in total. The fourth-order valence-electron chi connectivity index (χ4n) is 3.22. The molecule has 0 aliphatic carbocycles. The van der Waals surface area contributed by atoms with Crippen LogP contribution in [-0.2, 0) is 0 Å². The summed E-state index contributed by atoms with van der Waals surface area (Å²) in [7, 11) is 1.72. The van der Waals surface area contributed by atoms with E-state index in [-0.39, 0.29) is 5.54 Å². The molecule has 2 aliphatic rings. The van der Waals surface area contributed by atoms with E-state index in [9.17, 15) is 0 Å². The Labute approximate surface area is 103 Å². The van der Waals surface area contributed by atoms with Gasteiger partial charge in [-0.05, 0) is 38.4 Å². The molecule has 2 aliphatic heterocycles. The lowest BCUT2D eigenvalue weighted by molar-refractivity contribution is 0.256. The summed E-state index contributed by atoms with van der Waals surface area (Å²) in [6, 6.07) is 6.88. The van der Waals surface area contributed by atoms with E-state index in [2.05, 4.69) is 42.7 Å². The van der Waals surface area contributed by atoms with Gasteiger partial charge in [-0.2, -0.15) is 0 Å². The van der Waals surface area contributed by atoms with Crippen LogP contribution in [0.5, 0.6) is 5.75 Å². The number of methoxy groups -OCH3 is 1. The minimum Gasteiger partial charge on any atom is -0.497 e. The molecule has 1 aromatic rings. The highest BCUT2D eigenvalue weighted by Gasteiger charge is 2.44. The van der Waals surface area contributed by atoms with Crippen LogP contribution < -0.4 is 15.4 Å². The smallest absolute Gasteiger partial charge is 0.120 e. The summed E-state index contributed by atoms with van der Waals surface area (Å²) in [5.74, 6) is 1.56. The lowest BCUT2D eigenvalue weighted by Crippen LogP contribution is -2.57. The molecule has 0 saturated carbocycles. The molecule has 17 heavy (non-hydrogen) atoms. The Bertz CT molecular complexity index is 442. The Morgan fingerprint density at radius 1 is 1.35 bits per heavy atom. The Kier molecular flexibility index (Phi) is 2.33. The predicted molar refractivity (Wildman–Crippen MR) is 69.8 cm³/mol. The molecule has 2 N–H and O–H groups in total. The second-order valence-electron chi connectivity index (χ2n) is 5.62. The van der Waals surface area contributed by atoms with Crippen LogP contribution in [-0.4, -0.2) is 25.2 Å². The van der Waals surface area contributed by atoms with Gasteiger partial charge in [0.2, 0.25) is 0 Å². The van der Waals surface area contributed by atoms with Crippen molar-refractivity contribution >= 4 is 5.69 Å². The van der Waals surface area contributed by atoms with Crippen molar-refractivity contribution in [2.45, 2.75) is 37.8 Å². The number of ether oxygens (including phenoxy) is 1. The molecule has 1 fully saturated rings. The quantitative estimate of drug-likeness (QED) is 0.779. The molecule has 0 amide bonds. The number of hydrogen-bond donors (Lipinski definition) is 2. The van der Waals surface area contributed by atoms with Gasteiger partial charge in [-0.3, -0.25) is 0 Å². The Balaban J connectivity index is 1.99. The predicted octanol–water partition coefficient (Wildman–Crippen LogP) is 2.34. The lowest BCUT2D eigenvalue weighted by atomic mass is 9.78. The standard InChI is InChI=1S/C14H20N2O/c1-14(2)13-11(6-7-15-14)10-5-4-9(17-3)8-12(10)16-13/h4-5,8,11,13,15-16H,6-7H2,1-3H3. The minimum absolute atomic E-state index is 0.148. The average molecular weight is 232 g/mol. The third kappa shape index (κ3) is 1.61. The van der Waals surface area contributed by atoms with E-state index in [1.165, 1.54) is 17.7 Å². The van der Waals surface area contributed by atoms with E-state index in [0.717, 1.165) is 12.3 Å². The summed E-state index contributed by atoms with van der Waals surface area (Å²) in [5.41, 5.74) is 2.84. The third-order valence-electron chi connectivity index (χ3n) is 4.19. The summed E-state index contributed by atoms with van der Waals surface area (Å²) in [5, 5.41) is 7.26. The number of fused-ring (bicyclic) bond motifs is 3. The average Bonchev–Trinajstić information content (AvgIpc) is 2.68. The molecule has 2 atom stereocenters. The Morgan fingerprint density at radius 3 is 2.94 bits per heavy atom. The van der Waals surface area contributed by atoms with Gasteiger partial charge >= 0.3 is 0 Å². The minimum atomic E-state index is 0.148. The maximum absolute atomic E-state index is 5.29. The van der Waals surface area contributed by atoms with E-state index in [4.69, 9.17) is 4.74 Å². The molecule has 92 valence electrons. The van der Waals surface area contributed by atoms with Gasteiger partial charge in [-0.25, -0.2) is 0 Å². The molecule has 0 radical (unpaired) electrons. The fourth-order valence-corrected chi connectivity index (χ4v) is 3.22. The topological polar surface area (TPSA) is 33.3 Å². The molecule has 2 heterocycles. The highest BCUT2D eigenvalue weighted by atomic mass is 16.5. The van der Waals surface area contributed by atoms with Crippen LogP contribution in [0.2, 0.25) is 0 Å². The zero-order valence-electron chi connectivity index (χ0n) is 10.7. The molecule has 3 heteroatoms. The highest BCUT2D eigenvalue weighted by molar-refractivity contribution is 5.63. The monoisotopic (exact) mass is 232 g/mol. The molecular weight excluding hydrogens is 212 g/mol. The van der Waals surface area contributed by atoms with Crippen molar-refractivity contribution in [2.75, 3.05) is 19.0 Å². The van der Waals surface area contributed by atoms with Gasteiger partial charge in [-0.1, -0.05) is 6.07 Å². The van der Waals surface area contributed by atoms with E-state index >= 15 is 0 Å². The number of anilines is 1. The molecule has 0 spiro atoms. The van der Waals surface area contributed by atoms with Crippen LogP contribution in [0.3, 0.4) is 0 Å². The normalized spacial score (nSPS) is 29.1. The van der Waals surface area contributed by atoms with Crippen LogP contribution in [0.1, 0.15) is 31.7 Å².